The highest BCUT2D eigenvalue weighted by molar-refractivity contribution is 5.46. The Morgan fingerprint density at radius 2 is 2.35 bits per heavy atom. The Labute approximate surface area is 98.3 Å². The van der Waals surface area contributed by atoms with Gasteiger partial charge in [0.25, 0.3) is 0 Å². The molecule has 0 saturated heterocycles. The Hall–Kier alpha value is -1.82. The van der Waals surface area contributed by atoms with Gasteiger partial charge in [0.1, 0.15) is 12.0 Å². The Balaban J connectivity index is 1.74. The van der Waals surface area contributed by atoms with Crippen LogP contribution in [0.4, 0.5) is 0 Å². The lowest BCUT2D eigenvalue weighted by Gasteiger charge is -2.04. The molecular formula is C11H13N5O. The molecule has 2 N–H and O–H groups in total. The topological polar surface area (TPSA) is 90.7 Å². The monoisotopic (exact) mass is 231 g/mol. The average molecular weight is 231 g/mol. The van der Waals surface area contributed by atoms with E-state index in [0.717, 1.165) is 0 Å². The molecule has 1 saturated carbocycles. The van der Waals surface area contributed by atoms with Crippen molar-refractivity contribution < 1.29 is 4.52 Å². The van der Waals surface area contributed by atoms with Crippen LogP contribution in [0.5, 0.6) is 0 Å². The van der Waals surface area contributed by atoms with Gasteiger partial charge in [0, 0.05) is 18.7 Å². The zero-order valence-electron chi connectivity index (χ0n) is 9.28. The first kappa shape index (κ1) is 10.3. The maximum Gasteiger partial charge on any atom is 0.228 e. The van der Waals surface area contributed by atoms with Crippen LogP contribution in [0.1, 0.15) is 18.7 Å². The molecule has 2 heterocycles. The van der Waals surface area contributed by atoms with Crippen molar-refractivity contribution in [2.75, 3.05) is 0 Å². The van der Waals surface area contributed by atoms with E-state index in [0.29, 0.717) is 29.7 Å². The van der Waals surface area contributed by atoms with Crippen LogP contribution in [0.25, 0.3) is 11.5 Å². The van der Waals surface area contributed by atoms with E-state index in [2.05, 4.69) is 20.1 Å². The third-order valence-corrected chi connectivity index (χ3v) is 2.92. The quantitative estimate of drug-likeness (QED) is 0.837. The van der Waals surface area contributed by atoms with Crippen molar-refractivity contribution in [1.82, 2.24) is 20.1 Å². The summed E-state index contributed by atoms with van der Waals surface area (Å²) in [7, 11) is 0. The van der Waals surface area contributed by atoms with Crippen molar-refractivity contribution in [3.05, 3.63) is 24.5 Å². The summed E-state index contributed by atoms with van der Waals surface area (Å²) in [6, 6.07) is 1.88. The molecule has 1 unspecified atom stereocenters. The molecule has 0 radical (unpaired) electrons. The van der Waals surface area contributed by atoms with E-state index in [1.165, 1.54) is 19.2 Å². The van der Waals surface area contributed by atoms with E-state index in [9.17, 15) is 0 Å². The predicted octanol–water partition coefficient (Wildman–Crippen LogP) is 0.806. The molecule has 88 valence electrons. The first-order valence-corrected chi connectivity index (χ1v) is 5.67. The molecule has 17 heavy (non-hydrogen) atoms. The molecule has 2 aromatic rings. The largest absolute Gasteiger partial charge is 0.339 e. The Morgan fingerprint density at radius 1 is 1.47 bits per heavy atom. The van der Waals surface area contributed by atoms with E-state index in [-0.39, 0.29) is 6.04 Å². The molecule has 0 spiro atoms. The van der Waals surface area contributed by atoms with Crippen LogP contribution in [0.3, 0.4) is 0 Å². The first-order chi connectivity index (χ1) is 8.33. The number of nitrogens with zero attached hydrogens (tertiary/aromatic N) is 4. The Bertz CT molecular complexity index is 494. The van der Waals surface area contributed by atoms with Crippen LogP contribution >= 0.6 is 0 Å². The minimum Gasteiger partial charge on any atom is -0.339 e. The van der Waals surface area contributed by atoms with Gasteiger partial charge in [0.15, 0.2) is 0 Å². The fourth-order valence-electron chi connectivity index (χ4n) is 1.76. The van der Waals surface area contributed by atoms with Gasteiger partial charge in [0.05, 0.1) is 0 Å². The smallest absolute Gasteiger partial charge is 0.228 e. The summed E-state index contributed by atoms with van der Waals surface area (Å²) >= 11 is 0. The van der Waals surface area contributed by atoms with Gasteiger partial charge >= 0.3 is 0 Å². The van der Waals surface area contributed by atoms with Gasteiger partial charge in [0.2, 0.25) is 11.7 Å². The maximum absolute atomic E-state index is 6.01. The van der Waals surface area contributed by atoms with Crippen molar-refractivity contribution in [3.8, 4) is 11.5 Å². The summed E-state index contributed by atoms with van der Waals surface area (Å²) in [6.07, 6.45) is 6.18. The van der Waals surface area contributed by atoms with E-state index in [1.807, 2.05) is 0 Å². The molecule has 0 aromatic carbocycles. The zero-order valence-corrected chi connectivity index (χ0v) is 9.28. The van der Waals surface area contributed by atoms with Crippen molar-refractivity contribution in [2.45, 2.75) is 25.3 Å². The van der Waals surface area contributed by atoms with Crippen molar-refractivity contribution in [2.24, 2.45) is 11.7 Å². The van der Waals surface area contributed by atoms with Gasteiger partial charge in [-0.2, -0.15) is 4.98 Å². The van der Waals surface area contributed by atoms with Crippen LogP contribution in [-0.2, 0) is 6.42 Å². The molecule has 1 fully saturated rings. The molecule has 2 aromatic heterocycles. The number of hydrogen-bond acceptors (Lipinski definition) is 6. The van der Waals surface area contributed by atoms with Gasteiger partial charge in [-0.3, -0.25) is 0 Å². The second-order valence-corrected chi connectivity index (χ2v) is 4.31. The lowest BCUT2D eigenvalue weighted by Crippen LogP contribution is -2.25. The summed E-state index contributed by atoms with van der Waals surface area (Å²) in [5.74, 6) is 1.70. The molecule has 6 heteroatoms. The van der Waals surface area contributed by atoms with E-state index >= 15 is 0 Å². The van der Waals surface area contributed by atoms with Gasteiger partial charge in [-0.25, -0.2) is 9.97 Å². The normalized spacial score (nSPS) is 17.0. The predicted molar refractivity (Wildman–Crippen MR) is 59.7 cm³/mol. The van der Waals surface area contributed by atoms with E-state index in [4.69, 9.17) is 10.3 Å². The lowest BCUT2D eigenvalue weighted by atomic mass is 10.1. The zero-order chi connectivity index (χ0) is 11.7. The molecule has 6 nitrogen and oxygen atoms in total. The molecule has 3 rings (SSSR count). The number of hydrogen-bond donors (Lipinski definition) is 1. The van der Waals surface area contributed by atoms with Crippen LogP contribution in [0, 0.1) is 5.92 Å². The molecule has 1 atom stereocenters. The maximum atomic E-state index is 6.01. The number of aromatic nitrogens is 4. The minimum absolute atomic E-state index is 0.133. The summed E-state index contributed by atoms with van der Waals surface area (Å²) < 4.78 is 5.17. The average Bonchev–Trinajstić information content (AvgIpc) is 3.12. The molecule has 0 amide bonds. The highest BCUT2D eigenvalue weighted by Crippen LogP contribution is 2.32. The van der Waals surface area contributed by atoms with Crippen LogP contribution in [0.15, 0.2) is 23.1 Å². The summed E-state index contributed by atoms with van der Waals surface area (Å²) in [5.41, 5.74) is 6.67. The summed E-state index contributed by atoms with van der Waals surface area (Å²) in [4.78, 5) is 12.2. The lowest BCUT2D eigenvalue weighted by molar-refractivity contribution is 0.363. The van der Waals surface area contributed by atoms with Crippen molar-refractivity contribution >= 4 is 0 Å². The molecule has 1 aliphatic rings. The SMILES string of the molecule is NC(Cc1nc(-c2ccncn2)no1)C1CC1. The third-order valence-electron chi connectivity index (χ3n) is 2.92. The highest BCUT2D eigenvalue weighted by atomic mass is 16.5. The molecule has 0 bridgehead atoms. The van der Waals surface area contributed by atoms with Crippen molar-refractivity contribution in [3.63, 3.8) is 0 Å². The fourth-order valence-corrected chi connectivity index (χ4v) is 1.76. The third kappa shape index (κ3) is 2.31. The Kier molecular flexibility index (Phi) is 2.56. The van der Waals surface area contributed by atoms with Gasteiger partial charge in [-0.15, -0.1) is 0 Å². The van der Waals surface area contributed by atoms with Crippen LogP contribution < -0.4 is 5.73 Å². The summed E-state index contributed by atoms with van der Waals surface area (Å²) in [5, 5.41) is 3.89. The second kappa shape index (κ2) is 4.21. The van der Waals surface area contributed by atoms with Crippen LogP contribution in [-0.4, -0.2) is 26.2 Å². The number of nitrogens with two attached hydrogens (primary N) is 1. The van der Waals surface area contributed by atoms with E-state index in [1.54, 1.807) is 12.3 Å². The summed E-state index contributed by atoms with van der Waals surface area (Å²) in [6.45, 7) is 0. The molecule has 1 aliphatic carbocycles. The first-order valence-electron chi connectivity index (χ1n) is 5.67. The van der Waals surface area contributed by atoms with Gasteiger partial charge < -0.3 is 10.3 Å². The highest BCUT2D eigenvalue weighted by Gasteiger charge is 2.29. The second-order valence-electron chi connectivity index (χ2n) is 4.31. The van der Waals surface area contributed by atoms with Crippen LogP contribution in [0.2, 0.25) is 0 Å². The van der Waals surface area contributed by atoms with Gasteiger partial charge in [-0.05, 0) is 24.8 Å². The molecular weight excluding hydrogens is 218 g/mol. The standard InChI is InChI=1S/C11H13N5O/c12-8(7-1-2-7)5-10-15-11(16-17-10)9-3-4-13-6-14-9/h3-4,6-8H,1-2,5,12H2. The fraction of sp³-hybridized carbons (Fsp3) is 0.455. The van der Waals surface area contributed by atoms with E-state index < -0.39 is 0 Å². The molecule has 0 aliphatic heterocycles. The van der Waals surface area contributed by atoms with Gasteiger partial charge in [-0.1, -0.05) is 5.16 Å². The van der Waals surface area contributed by atoms with Crippen molar-refractivity contribution in [1.29, 1.82) is 0 Å². The Morgan fingerprint density at radius 3 is 3.06 bits per heavy atom. The number of rotatable bonds is 4. The minimum atomic E-state index is 0.133.